The number of fused-ring (bicyclic) bond motifs is 1. The number of rotatable bonds is 4. The summed E-state index contributed by atoms with van der Waals surface area (Å²) in [6, 6.07) is 15.7. The van der Waals surface area contributed by atoms with Crippen molar-refractivity contribution >= 4 is 17.2 Å². The molecular weight excluding hydrogens is 284 g/mol. The lowest BCUT2D eigenvalue weighted by Gasteiger charge is -2.15. The molecule has 0 spiro atoms. The molecule has 1 aliphatic rings. The molecule has 0 saturated heterocycles. The Morgan fingerprint density at radius 1 is 1.05 bits per heavy atom. The van der Waals surface area contributed by atoms with Gasteiger partial charge in [0.05, 0.1) is 12.1 Å². The van der Waals surface area contributed by atoms with Crippen LogP contribution in [0.3, 0.4) is 0 Å². The van der Waals surface area contributed by atoms with Crippen LogP contribution in [0, 0.1) is 0 Å². The van der Waals surface area contributed by atoms with Crippen molar-refractivity contribution in [3.63, 3.8) is 0 Å². The van der Waals surface area contributed by atoms with Gasteiger partial charge >= 0.3 is 0 Å². The van der Waals surface area contributed by atoms with Crippen LogP contribution < -0.4 is 17.3 Å². The fourth-order valence-electron chi connectivity index (χ4n) is 2.65. The number of unbranched alkanes of at least 4 members (excludes halogenated alkanes) is 1. The Bertz CT molecular complexity index is 655. The van der Waals surface area contributed by atoms with Crippen LogP contribution in [0.5, 0.6) is 5.75 Å². The van der Waals surface area contributed by atoms with Crippen LogP contribution in [0.1, 0.15) is 25.3 Å². The second-order valence-corrected chi connectivity index (χ2v) is 5.08. The van der Waals surface area contributed by atoms with E-state index in [0.717, 1.165) is 36.5 Å². The number of benzene rings is 2. The summed E-state index contributed by atoms with van der Waals surface area (Å²) in [5, 5.41) is 10.1. The van der Waals surface area contributed by atoms with E-state index in [1.54, 1.807) is 6.07 Å². The molecule has 0 amide bonds. The number of aromatic hydroxyl groups is 1. The molecule has 110 valence electrons. The topological polar surface area (TPSA) is 37.0 Å². The van der Waals surface area contributed by atoms with Crippen molar-refractivity contribution in [2.75, 3.05) is 6.54 Å². The molecule has 0 radical (unpaired) electrons. The van der Waals surface area contributed by atoms with Crippen LogP contribution in [0.4, 0.5) is 11.4 Å². The zero-order valence-electron chi connectivity index (χ0n) is 12.0. The highest BCUT2D eigenvalue weighted by molar-refractivity contribution is 6.00. The number of amidine groups is 1. The molecule has 0 saturated carbocycles. The summed E-state index contributed by atoms with van der Waals surface area (Å²) < 4.78 is 0. The monoisotopic (exact) mass is 302 g/mol. The quantitative estimate of drug-likeness (QED) is 0.807. The summed E-state index contributed by atoms with van der Waals surface area (Å²) in [6.45, 7) is 3.19. The van der Waals surface area contributed by atoms with Crippen LogP contribution in [0.25, 0.3) is 0 Å². The Labute approximate surface area is 131 Å². The molecule has 3 rings (SSSR count). The number of phenolic OH excluding ortho intramolecular Hbond substituents is 1. The molecule has 1 aliphatic heterocycles. The third kappa shape index (κ3) is 2.94. The van der Waals surface area contributed by atoms with Crippen molar-refractivity contribution in [1.82, 2.24) is 0 Å². The maximum atomic E-state index is 10.1. The maximum absolute atomic E-state index is 10.1. The predicted molar refractivity (Wildman–Crippen MR) is 81.1 cm³/mol. The molecule has 0 bridgehead atoms. The largest absolute Gasteiger partial charge is 1.00 e. The number of phenols is 1. The van der Waals surface area contributed by atoms with Gasteiger partial charge in [-0.15, -0.1) is 0 Å². The number of quaternary nitrogens is 1. The number of hydrogen-bond acceptors (Lipinski definition) is 2. The van der Waals surface area contributed by atoms with Gasteiger partial charge in [0, 0.05) is 6.07 Å². The number of nitrogens with one attached hydrogen (secondary N) is 1. The van der Waals surface area contributed by atoms with E-state index in [4.69, 9.17) is 4.99 Å². The Morgan fingerprint density at radius 3 is 2.52 bits per heavy atom. The third-order valence-electron chi connectivity index (χ3n) is 3.69. The number of halogens is 1. The highest BCUT2D eigenvalue weighted by Crippen LogP contribution is 2.28. The normalized spacial score (nSPS) is 16.0. The second kappa shape index (κ2) is 6.74. The number of aliphatic imine (C=N–C) groups is 1. The summed E-state index contributed by atoms with van der Waals surface area (Å²) in [5.74, 6) is 1.23. The lowest BCUT2D eigenvalue weighted by molar-refractivity contribution is -0.727. The van der Waals surface area contributed by atoms with E-state index in [0.29, 0.717) is 5.75 Å². The average Bonchev–Trinajstić information content (AvgIpc) is 2.84. The van der Waals surface area contributed by atoms with E-state index >= 15 is 0 Å². The van der Waals surface area contributed by atoms with Crippen molar-refractivity contribution in [3.05, 3.63) is 54.1 Å². The lowest BCUT2D eigenvalue weighted by atomic mass is 10.1. The zero-order chi connectivity index (χ0) is 13.9. The van der Waals surface area contributed by atoms with Gasteiger partial charge in [-0.1, -0.05) is 37.6 Å². The fraction of sp³-hybridized carbons (Fsp3) is 0.235. The minimum atomic E-state index is 0. The average molecular weight is 303 g/mol. The summed E-state index contributed by atoms with van der Waals surface area (Å²) in [6.07, 6.45) is 2.29. The minimum Gasteiger partial charge on any atom is -1.00 e. The van der Waals surface area contributed by atoms with Crippen molar-refractivity contribution in [1.29, 1.82) is 0 Å². The van der Waals surface area contributed by atoms with Gasteiger partial charge < -0.3 is 17.5 Å². The van der Waals surface area contributed by atoms with Crippen molar-refractivity contribution < 1.29 is 22.4 Å². The molecule has 0 fully saturated rings. The molecule has 3 nitrogen and oxygen atoms in total. The van der Waals surface area contributed by atoms with Gasteiger partial charge in [-0.2, -0.15) is 4.99 Å². The van der Waals surface area contributed by atoms with E-state index in [2.05, 4.69) is 13.0 Å². The maximum Gasteiger partial charge on any atom is 0.243 e. The molecule has 0 aliphatic carbocycles. The van der Waals surface area contributed by atoms with Gasteiger partial charge in [0.25, 0.3) is 0 Å². The smallest absolute Gasteiger partial charge is 0.243 e. The molecule has 1 atom stereocenters. The Morgan fingerprint density at radius 2 is 1.76 bits per heavy atom. The molecule has 1 unspecified atom stereocenters. The first-order chi connectivity index (χ1) is 9.81. The number of hydrogen-bond donors (Lipinski definition) is 2. The van der Waals surface area contributed by atoms with Crippen LogP contribution in [-0.4, -0.2) is 17.5 Å². The predicted octanol–water partition coefficient (Wildman–Crippen LogP) is -0.195. The molecule has 2 N–H and O–H groups in total. The van der Waals surface area contributed by atoms with Crippen LogP contribution in [0.2, 0.25) is 0 Å². The fourth-order valence-corrected chi connectivity index (χ4v) is 2.65. The van der Waals surface area contributed by atoms with Crippen LogP contribution >= 0.6 is 0 Å². The summed E-state index contributed by atoms with van der Waals surface area (Å²) >= 11 is 0. The first kappa shape index (κ1) is 15.5. The summed E-state index contributed by atoms with van der Waals surface area (Å²) in [7, 11) is 0. The van der Waals surface area contributed by atoms with Gasteiger partial charge in [0.15, 0.2) is 5.69 Å². The molecule has 2 aromatic rings. The first-order valence-corrected chi connectivity index (χ1v) is 7.14. The first-order valence-electron chi connectivity index (χ1n) is 7.14. The van der Waals surface area contributed by atoms with E-state index in [1.807, 2.05) is 36.4 Å². The Hall–Kier alpha value is -1.84. The molecular formula is C17H19ClN2O. The number of nitrogens with zero attached hydrogens (tertiary/aromatic N) is 1. The molecule has 21 heavy (non-hydrogen) atoms. The highest BCUT2D eigenvalue weighted by atomic mass is 35.5. The standard InChI is InChI=1S/C17H18N2O.ClH/c1-2-3-12-19-15-10-6-5-9-14(15)18-17(19)13-8-4-7-11-16(13)20;/h4-11,20H,2-3,12H2,1H3;1H. The van der Waals surface area contributed by atoms with Gasteiger partial charge in [-0.3, -0.25) is 4.90 Å². The SMILES string of the molecule is CCCC[NH+]1C(c2ccccc2O)=Nc2ccccc21.[Cl-]. The van der Waals surface area contributed by atoms with Crippen LogP contribution in [-0.2, 0) is 0 Å². The summed E-state index contributed by atoms with van der Waals surface area (Å²) in [5.41, 5.74) is 3.05. The minimum absolute atomic E-state index is 0. The van der Waals surface area contributed by atoms with Gasteiger partial charge in [-0.05, 0) is 24.6 Å². The third-order valence-corrected chi connectivity index (χ3v) is 3.69. The highest BCUT2D eigenvalue weighted by Gasteiger charge is 2.31. The van der Waals surface area contributed by atoms with Gasteiger partial charge in [-0.25, -0.2) is 0 Å². The van der Waals surface area contributed by atoms with Gasteiger partial charge in [0.2, 0.25) is 5.84 Å². The summed E-state index contributed by atoms with van der Waals surface area (Å²) in [4.78, 5) is 5.99. The van der Waals surface area contributed by atoms with E-state index in [1.165, 1.54) is 10.6 Å². The number of para-hydroxylation sites is 3. The lowest BCUT2D eigenvalue weighted by Crippen LogP contribution is -3.09. The molecule has 1 heterocycles. The molecule has 4 heteroatoms. The van der Waals surface area contributed by atoms with E-state index in [9.17, 15) is 5.11 Å². The molecule has 2 aromatic carbocycles. The molecule has 0 aromatic heterocycles. The Kier molecular flexibility index (Phi) is 4.99. The Balaban J connectivity index is 0.00000161. The van der Waals surface area contributed by atoms with E-state index in [-0.39, 0.29) is 12.4 Å². The van der Waals surface area contributed by atoms with Crippen molar-refractivity contribution in [2.24, 2.45) is 4.99 Å². The van der Waals surface area contributed by atoms with Crippen molar-refractivity contribution in [2.45, 2.75) is 19.8 Å². The zero-order valence-corrected chi connectivity index (χ0v) is 12.8. The second-order valence-electron chi connectivity index (χ2n) is 5.08. The van der Waals surface area contributed by atoms with Crippen LogP contribution in [0.15, 0.2) is 53.5 Å². The van der Waals surface area contributed by atoms with Gasteiger partial charge in [0.1, 0.15) is 11.4 Å². The van der Waals surface area contributed by atoms with E-state index < -0.39 is 0 Å². The van der Waals surface area contributed by atoms with Crippen molar-refractivity contribution in [3.8, 4) is 5.75 Å².